The first-order valence-electron chi connectivity index (χ1n) is 22.5. The van der Waals surface area contributed by atoms with E-state index in [1.165, 1.54) is 0 Å². The van der Waals surface area contributed by atoms with E-state index >= 15 is 0 Å². The van der Waals surface area contributed by atoms with Crippen molar-refractivity contribution in [3.8, 4) is 0 Å². The second-order valence-corrected chi connectivity index (χ2v) is 17.5. The van der Waals surface area contributed by atoms with Crippen LogP contribution in [0.3, 0.4) is 0 Å². The lowest BCUT2D eigenvalue weighted by molar-refractivity contribution is -0.144. The summed E-state index contributed by atoms with van der Waals surface area (Å²) >= 11 is 16.4. The van der Waals surface area contributed by atoms with Gasteiger partial charge in [0.1, 0.15) is 54.4 Å². The lowest BCUT2D eigenvalue weighted by Gasteiger charge is -2.27. The standard InChI is InChI=1S/C39H68N16O16S4/c40-6-2-1-4-17(30(62)47-18(5-3-7-46-39(44)45)31(63)50-20(10-28(59)60)33(65)51-21(11-56)38(70)71)48-34(66)22(12-72)53-36(68)24(14-74)55-37(69)25(15-75)54-35(67)23(13-73)52-32(64)19(9-27(43)58)49-29(61)16(41)8-26(42)57/h16-25,56,72-75H,1-15,40-41H2,(H2,42,57)(H2,43,58)(H,47,62)(H,48,66)(H,49,61)(H,50,63)(H,51,65)(H,52,64)(H,53,68)(H,54,67)(H,55,69)(H,59,60)(H,70,71)(H4,44,45,46)/t16-,17-,18-,19-,20-,21-,22-,23-,24-,25-/m0/s1. The third-order valence-corrected chi connectivity index (χ3v) is 11.5. The van der Waals surface area contributed by atoms with E-state index in [4.69, 9.17) is 34.4 Å². The number of guanidine groups is 1. The van der Waals surface area contributed by atoms with Gasteiger partial charge in [-0.25, -0.2) is 4.79 Å². The number of unbranched alkanes of at least 4 members (excludes halogenated alkanes) is 1. The first-order valence-corrected chi connectivity index (χ1v) is 25.0. The Morgan fingerprint density at radius 1 is 0.427 bits per heavy atom. The Balaban J connectivity index is 6.30. The van der Waals surface area contributed by atoms with Gasteiger partial charge in [-0.3, -0.25) is 62.5 Å². The van der Waals surface area contributed by atoms with Gasteiger partial charge in [-0.2, -0.15) is 50.5 Å². The van der Waals surface area contributed by atoms with Crippen LogP contribution in [0.1, 0.15) is 51.4 Å². The highest BCUT2D eigenvalue weighted by molar-refractivity contribution is 7.80. The summed E-state index contributed by atoms with van der Waals surface area (Å²) in [5, 5.41) is 48.4. The third-order valence-electron chi connectivity index (χ3n) is 10.0. The van der Waals surface area contributed by atoms with E-state index in [1.807, 2.05) is 5.32 Å². The summed E-state index contributed by atoms with van der Waals surface area (Å²) in [4.78, 5) is 170. The molecule has 0 aromatic heterocycles. The number of nitrogens with one attached hydrogen (secondary N) is 9. The van der Waals surface area contributed by atoms with Gasteiger partial charge in [0.05, 0.1) is 31.9 Å². The van der Waals surface area contributed by atoms with Gasteiger partial charge in [0.2, 0.25) is 65.0 Å². The van der Waals surface area contributed by atoms with Crippen LogP contribution in [-0.2, 0) is 62.3 Å². The van der Waals surface area contributed by atoms with Crippen molar-refractivity contribution in [2.45, 2.75) is 112 Å². The Morgan fingerprint density at radius 3 is 1.08 bits per heavy atom. The summed E-state index contributed by atoms with van der Waals surface area (Å²) in [5.74, 6) is -16.8. The molecule has 11 amide bonds. The van der Waals surface area contributed by atoms with Crippen LogP contribution in [-0.4, -0.2) is 201 Å². The summed E-state index contributed by atoms with van der Waals surface area (Å²) in [6, 6.07) is -16.1. The van der Waals surface area contributed by atoms with Crippen LogP contribution in [0.5, 0.6) is 0 Å². The number of nitrogens with zero attached hydrogens (tertiary/aromatic N) is 1. The zero-order chi connectivity index (χ0) is 57.5. The zero-order valence-corrected chi connectivity index (χ0v) is 43.8. The number of carbonyl (C=O) groups excluding carboxylic acids is 11. The maximum Gasteiger partial charge on any atom is 0.328 e. The smallest absolute Gasteiger partial charge is 0.328 e. The molecule has 75 heavy (non-hydrogen) atoms. The monoisotopic (exact) mass is 1140 g/mol. The molecule has 0 rings (SSSR count). The molecule has 10 atom stereocenters. The minimum absolute atomic E-state index is 0.00889. The largest absolute Gasteiger partial charge is 0.481 e. The number of rotatable bonds is 38. The third kappa shape index (κ3) is 27.1. The number of carbonyl (C=O) groups is 13. The molecule has 0 fully saturated rings. The molecule has 0 radical (unpaired) electrons. The molecule has 0 aliphatic rings. The van der Waals surface area contributed by atoms with Crippen LogP contribution in [0.2, 0.25) is 0 Å². The molecule has 0 unspecified atom stereocenters. The van der Waals surface area contributed by atoms with Crippen molar-refractivity contribution in [1.82, 2.24) is 47.9 Å². The molecule has 0 aliphatic carbocycles. The van der Waals surface area contributed by atoms with E-state index in [9.17, 15) is 77.6 Å². The summed E-state index contributed by atoms with van der Waals surface area (Å²) in [6.45, 7) is -0.994. The average Bonchev–Trinajstić information content (AvgIpc) is 3.33. The predicted molar refractivity (Wildman–Crippen MR) is 278 cm³/mol. The van der Waals surface area contributed by atoms with Gasteiger partial charge < -0.3 is 97.6 Å². The van der Waals surface area contributed by atoms with Crippen LogP contribution in [0.15, 0.2) is 4.99 Å². The number of aliphatic imine (C=N–C) groups is 1. The van der Waals surface area contributed by atoms with Crippen LogP contribution in [0.4, 0.5) is 0 Å². The average molecular weight is 1150 g/mol. The number of carboxylic acids is 2. The van der Waals surface area contributed by atoms with Crippen molar-refractivity contribution in [3.05, 3.63) is 0 Å². The maximum absolute atomic E-state index is 13.9. The molecule has 0 aliphatic heterocycles. The number of hydrogen-bond acceptors (Lipinski definition) is 21. The van der Waals surface area contributed by atoms with Crippen LogP contribution < -0.4 is 82.3 Å². The summed E-state index contributed by atoms with van der Waals surface area (Å²) in [7, 11) is 0. The normalized spacial score (nSPS) is 14.8. The Kier molecular flexibility index (Phi) is 33.5. The van der Waals surface area contributed by atoms with Crippen molar-refractivity contribution in [2.75, 3.05) is 42.7 Å². The predicted octanol–water partition coefficient (Wildman–Crippen LogP) is -10.1. The number of carboxylic acid groups (broad SMARTS) is 2. The first-order chi connectivity index (χ1) is 35.2. The summed E-state index contributed by atoms with van der Waals surface area (Å²) < 4.78 is 0. The van der Waals surface area contributed by atoms with E-state index in [0.717, 1.165) is 0 Å². The number of aliphatic hydroxyl groups excluding tert-OH is 1. The molecule has 0 saturated carbocycles. The van der Waals surface area contributed by atoms with Gasteiger partial charge in [0.25, 0.3) is 0 Å². The molecular formula is C39H68N16O16S4. The highest BCUT2D eigenvalue weighted by atomic mass is 32.1. The van der Waals surface area contributed by atoms with Gasteiger partial charge >= 0.3 is 11.9 Å². The quantitative estimate of drug-likeness (QED) is 0.0118. The summed E-state index contributed by atoms with van der Waals surface area (Å²) in [5.41, 5.74) is 32.3. The number of primary amides is 2. The second-order valence-electron chi connectivity index (χ2n) is 16.1. The van der Waals surface area contributed by atoms with Gasteiger partial charge in [-0.1, -0.05) is 0 Å². The van der Waals surface area contributed by atoms with Crippen molar-refractivity contribution in [1.29, 1.82) is 0 Å². The van der Waals surface area contributed by atoms with Gasteiger partial charge in [-0.15, -0.1) is 0 Å². The Morgan fingerprint density at radius 2 is 0.747 bits per heavy atom. The molecule has 24 N–H and O–H groups in total. The molecule has 424 valence electrons. The number of aliphatic carboxylic acids is 2. The Labute approximate surface area is 451 Å². The number of hydrogen-bond donors (Lipinski definition) is 22. The van der Waals surface area contributed by atoms with Crippen LogP contribution >= 0.6 is 50.5 Å². The van der Waals surface area contributed by atoms with E-state index in [0.29, 0.717) is 6.42 Å². The first kappa shape index (κ1) is 68.7. The Bertz CT molecular complexity index is 2060. The molecular weight excluding hydrogens is 1080 g/mol. The molecule has 0 bridgehead atoms. The lowest BCUT2D eigenvalue weighted by Crippen LogP contribution is -2.61. The van der Waals surface area contributed by atoms with Crippen molar-refractivity contribution in [3.63, 3.8) is 0 Å². The number of nitrogens with two attached hydrogens (primary N) is 6. The lowest BCUT2D eigenvalue weighted by atomic mass is 10.0. The zero-order valence-electron chi connectivity index (χ0n) is 40.2. The van der Waals surface area contributed by atoms with Crippen molar-refractivity contribution < 1.29 is 77.6 Å². The highest BCUT2D eigenvalue weighted by Gasteiger charge is 2.35. The fourth-order valence-electron chi connectivity index (χ4n) is 6.06. The fraction of sp³-hybridized carbons (Fsp3) is 0.641. The van der Waals surface area contributed by atoms with Crippen molar-refractivity contribution in [2.24, 2.45) is 39.4 Å². The minimum Gasteiger partial charge on any atom is -0.481 e. The molecule has 0 heterocycles. The molecule has 36 heteroatoms. The van der Waals surface area contributed by atoms with Crippen molar-refractivity contribution >= 4 is 133 Å². The number of amides is 11. The van der Waals surface area contributed by atoms with E-state index in [-0.39, 0.29) is 44.7 Å². The van der Waals surface area contributed by atoms with Gasteiger partial charge in [0.15, 0.2) is 5.96 Å². The van der Waals surface area contributed by atoms with Crippen LogP contribution in [0.25, 0.3) is 0 Å². The minimum atomic E-state index is -1.92. The fourth-order valence-corrected chi connectivity index (χ4v) is 7.09. The highest BCUT2D eigenvalue weighted by Crippen LogP contribution is 2.08. The molecule has 0 saturated heterocycles. The number of thiol groups is 4. The molecule has 0 spiro atoms. The summed E-state index contributed by atoms with van der Waals surface area (Å²) in [6.07, 6.45) is -2.20. The van der Waals surface area contributed by atoms with E-state index < -0.39 is 186 Å². The number of aliphatic hydroxyl groups is 1. The van der Waals surface area contributed by atoms with Gasteiger partial charge in [-0.05, 0) is 38.6 Å². The Hall–Kier alpha value is -6.34. The van der Waals surface area contributed by atoms with E-state index in [2.05, 4.69) is 98.0 Å². The second kappa shape index (κ2) is 36.6. The SMILES string of the molecule is NCCCC[C@H](NC(=O)[C@H](CS)NC(=O)[C@H](CS)NC(=O)[C@H](CS)NC(=O)[C@H](CS)NC(=O)[C@H](CC(N)=O)NC(=O)[C@@H](N)CC(N)=O)C(=O)N[C@@H](CCCN=C(N)N)C(=O)N[C@@H](CC(=O)O)C(=O)N[C@@H](CO)C(=O)O. The van der Waals surface area contributed by atoms with Crippen LogP contribution in [0, 0.1) is 0 Å². The maximum atomic E-state index is 13.9. The molecule has 0 aromatic rings. The van der Waals surface area contributed by atoms with E-state index in [1.54, 1.807) is 0 Å². The molecule has 32 nitrogen and oxygen atoms in total. The topological polar surface area (TPSA) is 559 Å². The van der Waals surface area contributed by atoms with Gasteiger partial charge in [0, 0.05) is 29.6 Å². The molecule has 0 aromatic carbocycles.